The van der Waals surface area contributed by atoms with Crippen LogP contribution < -0.4 is 5.32 Å². The first-order valence-electron chi connectivity index (χ1n) is 10.9. The molecule has 3 aromatic rings. The van der Waals surface area contributed by atoms with Crippen LogP contribution in [0.25, 0.3) is 11.3 Å². The third-order valence-corrected chi connectivity index (χ3v) is 6.22. The largest absolute Gasteiger partial charge is 0.455 e. The molecular formula is C24H28N4O3. The van der Waals surface area contributed by atoms with Crippen molar-refractivity contribution < 1.29 is 13.9 Å². The molecule has 0 spiro atoms. The van der Waals surface area contributed by atoms with Crippen LogP contribution in [0.4, 0.5) is 0 Å². The van der Waals surface area contributed by atoms with E-state index in [1.54, 1.807) is 6.20 Å². The number of hydrogen-bond donors (Lipinski definition) is 1. The molecule has 162 valence electrons. The Hall–Kier alpha value is -2.93. The topological polar surface area (TPSA) is 82.2 Å². The summed E-state index contributed by atoms with van der Waals surface area (Å²) in [4.78, 5) is 17.3. The Morgan fingerprint density at radius 2 is 2.19 bits per heavy atom. The molecule has 1 N–H and O–H groups in total. The molecule has 2 aliphatic rings. The molecule has 0 saturated carbocycles. The van der Waals surface area contributed by atoms with E-state index >= 15 is 0 Å². The average Bonchev–Trinajstić information content (AvgIpc) is 3.41. The zero-order valence-electron chi connectivity index (χ0n) is 18.3. The minimum Gasteiger partial charge on any atom is -0.455 e. The van der Waals surface area contributed by atoms with Gasteiger partial charge in [0.1, 0.15) is 5.76 Å². The van der Waals surface area contributed by atoms with Gasteiger partial charge in [0.15, 0.2) is 5.76 Å². The first-order chi connectivity index (χ1) is 14.9. The number of rotatable bonds is 5. The summed E-state index contributed by atoms with van der Waals surface area (Å²) in [6, 6.07) is 5.88. The number of ether oxygens (including phenoxy) is 1. The highest BCUT2D eigenvalue weighted by molar-refractivity contribution is 5.95. The third kappa shape index (κ3) is 3.90. The van der Waals surface area contributed by atoms with Crippen molar-refractivity contribution in [2.24, 2.45) is 0 Å². The van der Waals surface area contributed by atoms with E-state index < -0.39 is 0 Å². The van der Waals surface area contributed by atoms with Crippen LogP contribution in [0.2, 0.25) is 0 Å². The number of nitrogens with zero attached hydrogens (tertiary/aromatic N) is 3. The van der Waals surface area contributed by atoms with Crippen LogP contribution in [0.1, 0.15) is 59.8 Å². The molecule has 1 saturated heterocycles. The van der Waals surface area contributed by atoms with E-state index in [0.717, 1.165) is 54.0 Å². The number of fused-ring (bicyclic) bond motifs is 3. The maximum Gasteiger partial charge on any atom is 0.287 e. The Labute approximate surface area is 181 Å². The van der Waals surface area contributed by atoms with Crippen LogP contribution >= 0.6 is 0 Å². The number of aryl methyl sites for hydroxylation is 2. The summed E-state index contributed by atoms with van der Waals surface area (Å²) in [5, 5.41) is 7.81. The second-order valence-electron chi connectivity index (χ2n) is 9.12. The zero-order chi connectivity index (χ0) is 21.6. The summed E-state index contributed by atoms with van der Waals surface area (Å²) >= 11 is 0. The Morgan fingerprint density at radius 1 is 1.32 bits per heavy atom. The standard InChI is InChI=1S/C24H28N4O3/c1-15-20-19(30-22(15)23(29)26-12-18-9-10-24(2,3)31-18)8-7-16-13-28(27-21(16)20)14-17-6-4-5-11-25-17/h4-6,11,13,18H,7-10,12,14H2,1-3H3,(H,26,29). The number of carbonyl (C=O) groups is 1. The summed E-state index contributed by atoms with van der Waals surface area (Å²) in [5.74, 6) is 1.04. The second kappa shape index (κ2) is 7.64. The fourth-order valence-electron chi connectivity index (χ4n) is 4.63. The van der Waals surface area contributed by atoms with Crippen molar-refractivity contribution in [3.8, 4) is 11.3 Å². The molecule has 3 aromatic heterocycles. The van der Waals surface area contributed by atoms with Gasteiger partial charge in [-0.25, -0.2) is 0 Å². The first kappa shape index (κ1) is 20.0. The SMILES string of the molecule is Cc1c(C(=O)NCC2CCC(C)(C)O2)oc2c1-c1nn(Cc3ccccn3)cc1CC2. The molecule has 1 fully saturated rings. The Bertz CT molecular complexity index is 1110. The lowest BCUT2D eigenvalue weighted by Gasteiger charge is -2.19. The lowest BCUT2D eigenvalue weighted by molar-refractivity contribution is -0.0139. The summed E-state index contributed by atoms with van der Waals surface area (Å²) < 4.78 is 13.9. The quantitative estimate of drug-likeness (QED) is 0.681. The summed E-state index contributed by atoms with van der Waals surface area (Å²) in [7, 11) is 0. The van der Waals surface area contributed by atoms with Crippen LogP contribution in [0.15, 0.2) is 35.0 Å². The van der Waals surface area contributed by atoms with Gasteiger partial charge in [0.2, 0.25) is 0 Å². The van der Waals surface area contributed by atoms with Crippen LogP contribution in [0, 0.1) is 6.92 Å². The Morgan fingerprint density at radius 3 is 2.94 bits per heavy atom. The highest BCUT2D eigenvalue weighted by Crippen LogP contribution is 2.38. The molecule has 7 nitrogen and oxygen atoms in total. The first-order valence-corrected chi connectivity index (χ1v) is 10.9. The highest BCUT2D eigenvalue weighted by atomic mass is 16.5. The summed E-state index contributed by atoms with van der Waals surface area (Å²) in [6.45, 7) is 7.23. The van der Waals surface area contributed by atoms with Gasteiger partial charge in [-0.05, 0) is 57.7 Å². The van der Waals surface area contributed by atoms with Gasteiger partial charge in [-0.3, -0.25) is 14.5 Å². The fraction of sp³-hybridized carbons (Fsp3) is 0.458. The second-order valence-corrected chi connectivity index (χ2v) is 9.12. The lowest BCUT2D eigenvalue weighted by Crippen LogP contribution is -2.33. The molecule has 1 unspecified atom stereocenters. The number of nitrogens with one attached hydrogen (secondary N) is 1. The number of amides is 1. The molecule has 31 heavy (non-hydrogen) atoms. The van der Waals surface area contributed by atoms with E-state index in [0.29, 0.717) is 18.8 Å². The minimum absolute atomic E-state index is 0.0535. The number of carbonyl (C=O) groups excluding carboxylic acids is 1. The van der Waals surface area contributed by atoms with Crippen molar-refractivity contribution in [2.45, 2.75) is 64.7 Å². The molecule has 0 radical (unpaired) electrons. The monoisotopic (exact) mass is 420 g/mol. The van der Waals surface area contributed by atoms with E-state index in [-0.39, 0.29) is 17.6 Å². The van der Waals surface area contributed by atoms with Gasteiger partial charge in [0.05, 0.1) is 29.6 Å². The van der Waals surface area contributed by atoms with Crippen molar-refractivity contribution in [3.63, 3.8) is 0 Å². The van der Waals surface area contributed by atoms with Gasteiger partial charge in [-0.2, -0.15) is 5.10 Å². The van der Waals surface area contributed by atoms with Crippen molar-refractivity contribution >= 4 is 5.91 Å². The maximum absolute atomic E-state index is 12.9. The van der Waals surface area contributed by atoms with Gasteiger partial charge in [0, 0.05) is 36.5 Å². The van der Waals surface area contributed by atoms with Crippen molar-refractivity contribution in [3.05, 3.63) is 58.9 Å². The molecule has 1 aliphatic carbocycles. The Balaban J connectivity index is 1.34. The number of hydrogen-bond acceptors (Lipinski definition) is 5. The van der Waals surface area contributed by atoms with Gasteiger partial charge in [0.25, 0.3) is 5.91 Å². The highest BCUT2D eigenvalue weighted by Gasteiger charge is 2.33. The number of pyridine rings is 1. The molecule has 0 aromatic carbocycles. The lowest BCUT2D eigenvalue weighted by atomic mass is 9.93. The average molecular weight is 421 g/mol. The summed E-state index contributed by atoms with van der Waals surface area (Å²) in [5.41, 5.74) is 4.76. The van der Waals surface area contributed by atoms with E-state index in [1.165, 1.54) is 5.56 Å². The summed E-state index contributed by atoms with van der Waals surface area (Å²) in [6.07, 6.45) is 7.51. The van der Waals surface area contributed by atoms with Crippen molar-refractivity contribution in [1.82, 2.24) is 20.1 Å². The van der Waals surface area contributed by atoms with E-state index in [4.69, 9.17) is 14.3 Å². The number of furan rings is 1. The molecule has 1 atom stereocenters. The van der Waals surface area contributed by atoms with Gasteiger partial charge in [-0.1, -0.05) is 6.07 Å². The predicted octanol–water partition coefficient (Wildman–Crippen LogP) is 3.68. The molecule has 0 bridgehead atoms. The van der Waals surface area contributed by atoms with Gasteiger partial charge < -0.3 is 14.5 Å². The smallest absolute Gasteiger partial charge is 0.287 e. The zero-order valence-corrected chi connectivity index (χ0v) is 18.3. The van der Waals surface area contributed by atoms with E-state index in [2.05, 4.69) is 30.3 Å². The van der Waals surface area contributed by atoms with Gasteiger partial charge in [-0.15, -0.1) is 0 Å². The van der Waals surface area contributed by atoms with E-state index in [9.17, 15) is 4.79 Å². The number of aromatic nitrogens is 3. The van der Waals surface area contributed by atoms with Crippen LogP contribution in [-0.4, -0.2) is 38.9 Å². The van der Waals surface area contributed by atoms with Crippen LogP contribution in [-0.2, 0) is 24.1 Å². The molecular weight excluding hydrogens is 392 g/mol. The molecule has 7 heteroatoms. The van der Waals surface area contributed by atoms with Crippen molar-refractivity contribution in [2.75, 3.05) is 6.54 Å². The van der Waals surface area contributed by atoms with Crippen molar-refractivity contribution in [1.29, 1.82) is 0 Å². The van der Waals surface area contributed by atoms with E-state index in [1.807, 2.05) is 29.8 Å². The minimum atomic E-state index is -0.185. The van der Waals surface area contributed by atoms with Crippen LogP contribution in [0.3, 0.4) is 0 Å². The van der Waals surface area contributed by atoms with Crippen LogP contribution in [0.5, 0.6) is 0 Å². The Kier molecular flexibility index (Phi) is 4.93. The van der Waals surface area contributed by atoms with Gasteiger partial charge >= 0.3 is 0 Å². The molecule has 1 amide bonds. The molecule has 5 rings (SSSR count). The molecule has 4 heterocycles. The normalized spacial score (nSPS) is 19.1. The molecule has 1 aliphatic heterocycles. The maximum atomic E-state index is 12.9. The fourth-order valence-corrected chi connectivity index (χ4v) is 4.63. The third-order valence-electron chi connectivity index (χ3n) is 6.22. The predicted molar refractivity (Wildman–Crippen MR) is 116 cm³/mol.